The highest BCUT2D eigenvalue weighted by Crippen LogP contribution is 2.31. The highest BCUT2D eigenvalue weighted by molar-refractivity contribution is 5.74. The fraction of sp³-hybridized carbons (Fsp3) is 0.235. The Bertz CT molecular complexity index is 1440. The Morgan fingerprint density at radius 3 is 1.73 bits per heavy atom. The predicted molar refractivity (Wildman–Crippen MR) is 153 cm³/mol. The first-order valence-corrected chi connectivity index (χ1v) is 13.5. The summed E-state index contributed by atoms with van der Waals surface area (Å²) in [7, 11) is 0. The van der Waals surface area contributed by atoms with Crippen molar-refractivity contribution in [3.05, 3.63) is 107 Å². The van der Waals surface area contributed by atoms with Crippen LogP contribution in [0.15, 0.2) is 72.8 Å². The molecule has 0 aliphatic heterocycles. The minimum absolute atomic E-state index is 0.0941. The molecule has 0 saturated carbocycles. The van der Waals surface area contributed by atoms with Crippen LogP contribution in [0.4, 0.5) is 17.6 Å². The van der Waals surface area contributed by atoms with Crippen LogP contribution in [0.2, 0.25) is 0 Å². The maximum Gasteiger partial charge on any atom is 0.201 e. The zero-order valence-corrected chi connectivity index (χ0v) is 22.7. The van der Waals surface area contributed by atoms with E-state index in [2.05, 4.69) is 6.92 Å². The van der Waals surface area contributed by atoms with Gasteiger partial charge in [-0.3, -0.25) is 0 Å². The molecular formula is C34H32F4O2. The van der Waals surface area contributed by atoms with E-state index in [1.165, 1.54) is 24.3 Å². The Morgan fingerprint density at radius 2 is 1.10 bits per heavy atom. The zero-order valence-electron chi connectivity index (χ0n) is 22.7. The van der Waals surface area contributed by atoms with E-state index in [9.17, 15) is 17.6 Å². The molecule has 0 N–H and O–H groups in total. The molecule has 0 aromatic heterocycles. The van der Waals surface area contributed by atoms with Gasteiger partial charge in [0, 0.05) is 16.7 Å². The standard InChI is InChI=1S/C34H32F4O2/c1-3-5-21-39-27-16-13-25(14-17-27)28-18-15-26(31(35)32(28)36)12-9-23-7-10-24(11-8-23)29-19-20-30(34(38)33(29)37)40-22-6-4-2/h7-20H,3-6,21-22H2,1-2H3/b12-9+. The molecule has 40 heavy (non-hydrogen) atoms. The monoisotopic (exact) mass is 548 g/mol. The normalized spacial score (nSPS) is 11.2. The van der Waals surface area contributed by atoms with E-state index >= 15 is 0 Å². The van der Waals surface area contributed by atoms with Crippen LogP contribution in [-0.2, 0) is 0 Å². The van der Waals surface area contributed by atoms with Crippen molar-refractivity contribution in [2.24, 2.45) is 0 Å². The molecule has 2 nitrogen and oxygen atoms in total. The van der Waals surface area contributed by atoms with Crippen LogP contribution in [0.25, 0.3) is 34.4 Å². The van der Waals surface area contributed by atoms with Crippen LogP contribution in [0.3, 0.4) is 0 Å². The Balaban J connectivity index is 1.46. The summed E-state index contributed by atoms with van der Waals surface area (Å²) >= 11 is 0. The smallest absolute Gasteiger partial charge is 0.201 e. The summed E-state index contributed by atoms with van der Waals surface area (Å²) in [6.07, 6.45) is 6.72. The second kappa shape index (κ2) is 13.8. The van der Waals surface area contributed by atoms with E-state index in [0.717, 1.165) is 25.7 Å². The minimum atomic E-state index is -1.02. The van der Waals surface area contributed by atoms with Gasteiger partial charge in [-0.1, -0.05) is 87.4 Å². The van der Waals surface area contributed by atoms with Gasteiger partial charge in [-0.05, 0) is 53.8 Å². The van der Waals surface area contributed by atoms with Gasteiger partial charge in [0.15, 0.2) is 23.2 Å². The van der Waals surface area contributed by atoms with Gasteiger partial charge in [0.05, 0.1) is 13.2 Å². The van der Waals surface area contributed by atoms with E-state index < -0.39 is 23.3 Å². The number of rotatable bonds is 12. The predicted octanol–water partition coefficient (Wildman–Crippen LogP) is 10.1. The summed E-state index contributed by atoms with van der Waals surface area (Å²) in [5.41, 5.74) is 2.09. The van der Waals surface area contributed by atoms with E-state index in [-0.39, 0.29) is 22.4 Å². The molecule has 0 heterocycles. The second-order valence-corrected chi connectivity index (χ2v) is 9.45. The third kappa shape index (κ3) is 6.92. The Labute approximate surface area is 232 Å². The van der Waals surface area contributed by atoms with E-state index in [1.807, 2.05) is 6.92 Å². The number of benzene rings is 4. The molecule has 0 aliphatic carbocycles. The number of hydrogen-bond acceptors (Lipinski definition) is 2. The Kier molecular flexibility index (Phi) is 10.0. The topological polar surface area (TPSA) is 18.5 Å². The molecule has 4 aromatic rings. The van der Waals surface area contributed by atoms with Crippen LogP contribution in [0.1, 0.15) is 50.7 Å². The first-order valence-electron chi connectivity index (χ1n) is 13.5. The van der Waals surface area contributed by atoms with Crippen LogP contribution >= 0.6 is 0 Å². The largest absolute Gasteiger partial charge is 0.494 e. The molecule has 4 rings (SSSR count). The lowest BCUT2D eigenvalue weighted by Crippen LogP contribution is -2.01. The maximum absolute atomic E-state index is 14.9. The van der Waals surface area contributed by atoms with E-state index in [1.54, 1.807) is 60.7 Å². The third-order valence-corrected chi connectivity index (χ3v) is 6.52. The molecule has 208 valence electrons. The molecule has 0 fully saturated rings. The van der Waals surface area contributed by atoms with Crippen molar-refractivity contribution in [1.82, 2.24) is 0 Å². The molecule has 0 aliphatic rings. The lowest BCUT2D eigenvalue weighted by atomic mass is 10.0. The summed E-state index contributed by atoms with van der Waals surface area (Å²) < 4.78 is 69.9. The fourth-order valence-corrected chi connectivity index (χ4v) is 4.13. The number of halogens is 4. The summed E-state index contributed by atoms with van der Waals surface area (Å²) in [5, 5.41) is 0. The maximum atomic E-state index is 14.9. The summed E-state index contributed by atoms with van der Waals surface area (Å²) in [4.78, 5) is 0. The SMILES string of the molecule is CCCCOc1ccc(-c2ccc(/C=C/c3ccc(-c4ccc(OCCCC)c(F)c4F)cc3)c(F)c2F)cc1. The highest BCUT2D eigenvalue weighted by atomic mass is 19.2. The van der Waals surface area contributed by atoms with Crippen molar-refractivity contribution in [2.75, 3.05) is 13.2 Å². The second-order valence-electron chi connectivity index (χ2n) is 9.45. The zero-order chi connectivity index (χ0) is 28.5. The molecule has 0 unspecified atom stereocenters. The van der Waals surface area contributed by atoms with Gasteiger partial charge in [-0.15, -0.1) is 0 Å². The van der Waals surface area contributed by atoms with Gasteiger partial charge >= 0.3 is 0 Å². The first-order chi connectivity index (χ1) is 19.4. The molecule has 6 heteroatoms. The number of hydrogen-bond donors (Lipinski definition) is 0. The van der Waals surface area contributed by atoms with Crippen molar-refractivity contribution in [3.8, 4) is 33.8 Å². The average molecular weight is 549 g/mol. The van der Waals surface area contributed by atoms with Gasteiger partial charge in [-0.25, -0.2) is 13.2 Å². The van der Waals surface area contributed by atoms with Crippen molar-refractivity contribution < 1.29 is 27.0 Å². The van der Waals surface area contributed by atoms with Crippen molar-refractivity contribution >= 4 is 12.2 Å². The summed E-state index contributed by atoms with van der Waals surface area (Å²) in [6, 6.07) is 19.6. The molecular weight excluding hydrogens is 516 g/mol. The van der Waals surface area contributed by atoms with E-state index in [4.69, 9.17) is 9.47 Å². The quantitative estimate of drug-likeness (QED) is 0.0996. The Hall–Kier alpha value is -4.06. The molecule has 0 spiro atoms. The van der Waals surface area contributed by atoms with Crippen LogP contribution in [-0.4, -0.2) is 13.2 Å². The lowest BCUT2D eigenvalue weighted by molar-refractivity contribution is 0.289. The first kappa shape index (κ1) is 28.9. The van der Waals surface area contributed by atoms with Crippen molar-refractivity contribution in [2.45, 2.75) is 39.5 Å². The molecule has 0 saturated heterocycles. The van der Waals surface area contributed by atoms with Gasteiger partial charge in [0.2, 0.25) is 5.82 Å². The van der Waals surface area contributed by atoms with Crippen LogP contribution < -0.4 is 9.47 Å². The van der Waals surface area contributed by atoms with Gasteiger partial charge in [-0.2, -0.15) is 4.39 Å². The molecule has 0 amide bonds. The Morgan fingerprint density at radius 1 is 0.550 bits per heavy atom. The molecule has 0 atom stereocenters. The van der Waals surface area contributed by atoms with Gasteiger partial charge < -0.3 is 9.47 Å². The van der Waals surface area contributed by atoms with Gasteiger partial charge in [0.1, 0.15) is 5.75 Å². The highest BCUT2D eigenvalue weighted by Gasteiger charge is 2.16. The molecule has 0 radical (unpaired) electrons. The fourth-order valence-electron chi connectivity index (χ4n) is 4.13. The van der Waals surface area contributed by atoms with Gasteiger partial charge in [0.25, 0.3) is 0 Å². The van der Waals surface area contributed by atoms with Crippen molar-refractivity contribution in [1.29, 1.82) is 0 Å². The number of unbranched alkanes of at least 4 members (excludes halogenated alkanes) is 2. The summed E-state index contributed by atoms with van der Waals surface area (Å²) in [6.45, 7) is 5.00. The average Bonchev–Trinajstić information content (AvgIpc) is 2.97. The molecule has 0 bridgehead atoms. The van der Waals surface area contributed by atoms with Crippen LogP contribution in [0.5, 0.6) is 11.5 Å². The van der Waals surface area contributed by atoms with Crippen LogP contribution in [0, 0.1) is 23.3 Å². The number of ether oxygens (including phenoxy) is 2. The van der Waals surface area contributed by atoms with E-state index in [0.29, 0.717) is 35.7 Å². The lowest BCUT2D eigenvalue weighted by Gasteiger charge is -2.10. The molecule has 4 aromatic carbocycles. The van der Waals surface area contributed by atoms with Crippen molar-refractivity contribution in [3.63, 3.8) is 0 Å². The minimum Gasteiger partial charge on any atom is -0.494 e. The summed E-state index contributed by atoms with van der Waals surface area (Å²) in [5.74, 6) is -3.31. The third-order valence-electron chi connectivity index (χ3n) is 6.52.